The molecule has 0 radical (unpaired) electrons. The summed E-state index contributed by atoms with van der Waals surface area (Å²) in [5, 5.41) is 27.8. The summed E-state index contributed by atoms with van der Waals surface area (Å²) in [5.41, 5.74) is 3.29. The number of hydrogen-bond donors (Lipinski definition) is 1. The van der Waals surface area contributed by atoms with Crippen molar-refractivity contribution in [3.8, 4) is 17.3 Å². The Bertz CT molecular complexity index is 1110. The van der Waals surface area contributed by atoms with E-state index in [1.165, 1.54) is 25.0 Å². The van der Waals surface area contributed by atoms with Crippen molar-refractivity contribution in [1.82, 2.24) is 19.7 Å². The SMILES string of the molecule is Cc1c(-c2ccnc(Nc3ccc([N+](=O)[O-])cc3)n2)cnn1C(CC#N)C1CCCC1. The minimum absolute atomic E-state index is 0.0254. The van der Waals surface area contributed by atoms with Crippen LogP contribution in [0.25, 0.3) is 11.3 Å². The van der Waals surface area contributed by atoms with Crippen LogP contribution in [0.3, 0.4) is 0 Å². The van der Waals surface area contributed by atoms with Crippen LogP contribution in [0.4, 0.5) is 17.3 Å². The van der Waals surface area contributed by atoms with Gasteiger partial charge < -0.3 is 5.32 Å². The largest absolute Gasteiger partial charge is 0.324 e. The Hall–Kier alpha value is -3.80. The molecule has 1 aliphatic rings. The smallest absolute Gasteiger partial charge is 0.269 e. The molecule has 158 valence electrons. The number of nitriles is 1. The van der Waals surface area contributed by atoms with E-state index in [4.69, 9.17) is 0 Å². The molecule has 1 atom stereocenters. The number of anilines is 2. The summed E-state index contributed by atoms with van der Waals surface area (Å²) in [6.45, 7) is 2.01. The number of nitrogens with zero attached hydrogens (tertiary/aromatic N) is 6. The second-order valence-corrected chi connectivity index (χ2v) is 7.76. The molecule has 0 spiro atoms. The molecule has 2 heterocycles. The molecule has 31 heavy (non-hydrogen) atoms. The van der Waals surface area contributed by atoms with Crippen LogP contribution in [0.2, 0.25) is 0 Å². The molecular formula is C22H23N7O2. The van der Waals surface area contributed by atoms with Gasteiger partial charge in [0.2, 0.25) is 5.95 Å². The Balaban J connectivity index is 1.58. The summed E-state index contributed by atoms with van der Waals surface area (Å²) >= 11 is 0. The molecule has 1 N–H and O–H groups in total. The first-order valence-electron chi connectivity index (χ1n) is 10.3. The lowest BCUT2D eigenvalue weighted by Gasteiger charge is -2.23. The van der Waals surface area contributed by atoms with Gasteiger partial charge in [0.25, 0.3) is 5.69 Å². The molecule has 0 bridgehead atoms. The van der Waals surface area contributed by atoms with Crippen LogP contribution >= 0.6 is 0 Å². The highest BCUT2D eigenvalue weighted by atomic mass is 16.6. The van der Waals surface area contributed by atoms with Gasteiger partial charge in [-0.2, -0.15) is 10.4 Å². The van der Waals surface area contributed by atoms with Crippen LogP contribution in [-0.4, -0.2) is 24.7 Å². The zero-order valence-corrected chi connectivity index (χ0v) is 17.2. The third-order valence-corrected chi connectivity index (χ3v) is 5.87. The van der Waals surface area contributed by atoms with Gasteiger partial charge >= 0.3 is 0 Å². The molecule has 1 aliphatic carbocycles. The third kappa shape index (κ3) is 4.38. The van der Waals surface area contributed by atoms with E-state index in [9.17, 15) is 15.4 Å². The average molecular weight is 417 g/mol. The maximum absolute atomic E-state index is 10.8. The van der Waals surface area contributed by atoms with E-state index in [-0.39, 0.29) is 11.7 Å². The van der Waals surface area contributed by atoms with E-state index in [2.05, 4.69) is 26.5 Å². The number of non-ortho nitro benzene ring substituents is 1. The van der Waals surface area contributed by atoms with Crippen molar-refractivity contribution in [2.45, 2.75) is 45.1 Å². The number of nitrogens with one attached hydrogen (secondary N) is 1. The number of rotatable bonds is 7. The van der Waals surface area contributed by atoms with E-state index < -0.39 is 4.92 Å². The van der Waals surface area contributed by atoms with Gasteiger partial charge in [-0.3, -0.25) is 14.8 Å². The van der Waals surface area contributed by atoms with E-state index in [1.807, 2.05) is 17.7 Å². The topological polar surface area (TPSA) is 123 Å². The summed E-state index contributed by atoms with van der Waals surface area (Å²) in [6.07, 6.45) is 8.61. The van der Waals surface area contributed by atoms with Crippen LogP contribution < -0.4 is 5.32 Å². The van der Waals surface area contributed by atoms with Gasteiger partial charge in [0.05, 0.1) is 35.3 Å². The predicted octanol–water partition coefficient (Wildman–Crippen LogP) is 4.95. The highest BCUT2D eigenvalue weighted by molar-refractivity contribution is 5.63. The fourth-order valence-corrected chi connectivity index (χ4v) is 4.26. The number of nitro benzene ring substituents is 1. The maximum atomic E-state index is 10.8. The Labute approximate surface area is 179 Å². The van der Waals surface area contributed by atoms with Crippen LogP contribution in [-0.2, 0) is 0 Å². The van der Waals surface area contributed by atoms with Crippen molar-refractivity contribution >= 4 is 17.3 Å². The van der Waals surface area contributed by atoms with Gasteiger partial charge in [0.1, 0.15) is 0 Å². The molecule has 0 amide bonds. The second kappa shape index (κ2) is 8.92. The van der Waals surface area contributed by atoms with Gasteiger partial charge in [-0.1, -0.05) is 12.8 Å². The quantitative estimate of drug-likeness (QED) is 0.426. The molecule has 1 fully saturated rings. The van der Waals surface area contributed by atoms with Gasteiger partial charge in [-0.25, -0.2) is 9.97 Å². The van der Waals surface area contributed by atoms with Gasteiger partial charge in [0, 0.05) is 35.3 Å². The van der Waals surface area contributed by atoms with Crippen LogP contribution in [0, 0.1) is 34.3 Å². The Kier molecular flexibility index (Phi) is 5.89. The van der Waals surface area contributed by atoms with Crippen LogP contribution in [0.15, 0.2) is 42.7 Å². The van der Waals surface area contributed by atoms with Crippen molar-refractivity contribution in [1.29, 1.82) is 5.26 Å². The zero-order chi connectivity index (χ0) is 21.8. The molecule has 2 aromatic heterocycles. The first-order valence-corrected chi connectivity index (χ1v) is 10.3. The predicted molar refractivity (Wildman–Crippen MR) is 116 cm³/mol. The fraction of sp³-hybridized carbons (Fsp3) is 0.364. The summed E-state index contributed by atoms with van der Waals surface area (Å²) in [6, 6.07) is 10.3. The molecule has 0 saturated heterocycles. The Morgan fingerprint density at radius 1 is 1.29 bits per heavy atom. The van der Waals surface area contributed by atoms with Crippen molar-refractivity contribution in [2.24, 2.45) is 5.92 Å². The minimum atomic E-state index is -0.438. The second-order valence-electron chi connectivity index (χ2n) is 7.76. The van der Waals surface area contributed by atoms with Crippen molar-refractivity contribution in [3.63, 3.8) is 0 Å². The third-order valence-electron chi connectivity index (χ3n) is 5.87. The lowest BCUT2D eigenvalue weighted by atomic mass is 9.95. The molecule has 9 heteroatoms. The maximum Gasteiger partial charge on any atom is 0.269 e. The molecule has 0 aliphatic heterocycles. The zero-order valence-electron chi connectivity index (χ0n) is 17.2. The van der Waals surface area contributed by atoms with Crippen LogP contribution in [0.5, 0.6) is 0 Å². The van der Waals surface area contributed by atoms with Gasteiger partial charge in [-0.15, -0.1) is 0 Å². The minimum Gasteiger partial charge on any atom is -0.324 e. The van der Waals surface area contributed by atoms with Gasteiger partial charge in [-0.05, 0) is 43.9 Å². The normalized spacial score (nSPS) is 14.8. The number of hydrogen-bond acceptors (Lipinski definition) is 7. The molecular weight excluding hydrogens is 394 g/mol. The molecule has 9 nitrogen and oxygen atoms in total. The highest BCUT2D eigenvalue weighted by Crippen LogP contribution is 2.37. The molecule has 4 rings (SSSR count). The van der Waals surface area contributed by atoms with Crippen molar-refractivity contribution < 1.29 is 4.92 Å². The Morgan fingerprint density at radius 2 is 2.03 bits per heavy atom. The van der Waals surface area contributed by atoms with E-state index in [0.29, 0.717) is 24.0 Å². The summed E-state index contributed by atoms with van der Waals surface area (Å²) in [7, 11) is 0. The molecule has 3 aromatic rings. The Morgan fingerprint density at radius 3 is 2.71 bits per heavy atom. The lowest BCUT2D eigenvalue weighted by molar-refractivity contribution is -0.384. The van der Waals surface area contributed by atoms with E-state index in [0.717, 1.165) is 29.8 Å². The number of aromatic nitrogens is 4. The number of nitro groups is 1. The first-order chi connectivity index (χ1) is 15.1. The molecule has 1 saturated carbocycles. The molecule has 1 aromatic carbocycles. The molecule has 1 unspecified atom stereocenters. The van der Waals surface area contributed by atoms with Gasteiger partial charge in [0.15, 0.2) is 0 Å². The van der Waals surface area contributed by atoms with E-state index in [1.54, 1.807) is 24.5 Å². The van der Waals surface area contributed by atoms with E-state index >= 15 is 0 Å². The summed E-state index contributed by atoms with van der Waals surface area (Å²) in [5.74, 6) is 0.874. The van der Waals surface area contributed by atoms with Crippen molar-refractivity contribution in [3.05, 3.63) is 58.5 Å². The average Bonchev–Trinajstić information content (AvgIpc) is 3.43. The van der Waals surface area contributed by atoms with Crippen molar-refractivity contribution in [2.75, 3.05) is 5.32 Å². The highest BCUT2D eigenvalue weighted by Gasteiger charge is 2.28. The summed E-state index contributed by atoms with van der Waals surface area (Å²) in [4.78, 5) is 19.2. The first kappa shape index (κ1) is 20.5. The standard InChI is InChI=1S/C22H23N7O2/c1-15-19(14-25-28(15)21(10-12-23)16-4-2-3-5-16)20-11-13-24-22(27-20)26-17-6-8-18(9-7-17)29(30)31/h6-9,11,13-14,16,21H,2-5,10H2,1H3,(H,24,26,27). The number of benzene rings is 1. The fourth-order valence-electron chi connectivity index (χ4n) is 4.26. The summed E-state index contributed by atoms with van der Waals surface area (Å²) < 4.78 is 1.99. The monoisotopic (exact) mass is 417 g/mol. The van der Waals surface area contributed by atoms with Crippen LogP contribution in [0.1, 0.15) is 43.8 Å². The lowest BCUT2D eigenvalue weighted by Crippen LogP contribution is -2.19.